The number of halogens is 2. The zero-order chi connectivity index (χ0) is 24.5. The molecule has 0 saturated carbocycles. The summed E-state index contributed by atoms with van der Waals surface area (Å²) in [6, 6.07) is 12.6. The molecule has 1 amide bonds. The fraction of sp³-hybridized carbons (Fsp3) is 0.200. The molecule has 35 heavy (non-hydrogen) atoms. The quantitative estimate of drug-likeness (QED) is 0.356. The summed E-state index contributed by atoms with van der Waals surface area (Å²) in [5.74, 6) is 1.47. The first-order valence-corrected chi connectivity index (χ1v) is 11.8. The Labute approximate surface area is 211 Å². The molecule has 2 aromatic carbocycles. The highest BCUT2D eigenvalue weighted by Gasteiger charge is 2.28. The third-order valence-electron chi connectivity index (χ3n) is 6.00. The van der Waals surface area contributed by atoms with Crippen molar-refractivity contribution in [3.05, 3.63) is 71.5 Å². The molecule has 1 aliphatic heterocycles. The number of hydrogen-bond donors (Lipinski definition) is 1. The Morgan fingerprint density at radius 2 is 1.89 bits per heavy atom. The van der Waals surface area contributed by atoms with Crippen LogP contribution in [0.25, 0.3) is 22.3 Å². The Hall–Kier alpha value is -3.62. The molecule has 0 bridgehead atoms. The number of ether oxygens (including phenoxy) is 1. The van der Waals surface area contributed by atoms with Crippen LogP contribution in [0.1, 0.15) is 18.9 Å². The van der Waals surface area contributed by atoms with Crippen LogP contribution in [0.2, 0.25) is 10.0 Å². The van der Waals surface area contributed by atoms with Crippen LogP contribution in [0, 0.1) is 0 Å². The van der Waals surface area contributed by atoms with Crippen LogP contribution in [0.15, 0.2) is 61.4 Å². The topological polar surface area (TPSA) is 99.2 Å². The van der Waals surface area contributed by atoms with E-state index in [9.17, 15) is 4.79 Å². The Morgan fingerprint density at radius 3 is 2.63 bits per heavy atom. The molecule has 178 valence electrons. The highest BCUT2D eigenvalue weighted by molar-refractivity contribution is 6.42. The molecule has 1 aliphatic rings. The average Bonchev–Trinajstić information content (AvgIpc) is 3.27. The zero-order valence-corrected chi connectivity index (χ0v) is 20.2. The molecular weight excluding hydrogens is 487 g/mol. The van der Waals surface area contributed by atoms with E-state index in [0.717, 1.165) is 18.4 Å². The predicted octanol–water partition coefficient (Wildman–Crippen LogP) is 5.52. The number of piperidine rings is 1. The lowest BCUT2D eigenvalue weighted by molar-refractivity contribution is -0.127. The molecule has 2 N–H and O–H groups in total. The maximum absolute atomic E-state index is 12.2. The second-order valence-electron chi connectivity index (χ2n) is 8.24. The number of nitrogen functional groups attached to an aromatic ring is 1. The first-order valence-electron chi connectivity index (χ1n) is 11.1. The van der Waals surface area contributed by atoms with Gasteiger partial charge in [-0.1, -0.05) is 29.8 Å². The number of carbonyl (C=O) groups excluding carboxylic acids is 1. The van der Waals surface area contributed by atoms with Gasteiger partial charge in [0.05, 0.1) is 21.5 Å². The van der Waals surface area contributed by atoms with Crippen LogP contribution >= 0.6 is 23.2 Å². The van der Waals surface area contributed by atoms with Gasteiger partial charge in [0.1, 0.15) is 29.3 Å². The van der Waals surface area contributed by atoms with Gasteiger partial charge in [-0.3, -0.25) is 4.79 Å². The number of rotatable bonds is 5. The highest BCUT2D eigenvalue weighted by Crippen LogP contribution is 2.35. The molecule has 0 aliphatic carbocycles. The Kier molecular flexibility index (Phi) is 6.32. The molecular formula is C25H22Cl2N6O2. The van der Waals surface area contributed by atoms with Crippen molar-refractivity contribution >= 4 is 46.0 Å². The molecule has 3 heterocycles. The molecule has 0 radical (unpaired) electrons. The lowest BCUT2D eigenvalue weighted by Gasteiger charge is -2.32. The number of hydrogen-bond acceptors (Lipinski definition) is 6. The minimum absolute atomic E-state index is 0.0320. The lowest BCUT2D eigenvalue weighted by Crippen LogP contribution is -2.40. The van der Waals surface area contributed by atoms with Gasteiger partial charge in [0, 0.05) is 24.7 Å². The van der Waals surface area contributed by atoms with E-state index in [1.165, 1.54) is 12.4 Å². The third kappa shape index (κ3) is 4.54. The summed E-state index contributed by atoms with van der Waals surface area (Å²) in [4.78, 5) is 22.6. The van der Waals surface area contributed by atoms with Crippen molar-refractivity contribution in [2.75, 3.05) is 18.8 Å². The second kappa shape index (κ2) is 9.56. The molecule has 10 heteroatoms. The molecule has 4 aromatic rings. The van der Waals surface area contributed by atoms with Gasteiger partial charge in [-0.2, -0.15) is 5.10 Å². The number of amides is 1. The number of benzene rings is 2. The number of aromatic nitrogens is 4. The SMILES string of the molecule is C=CC(=O)N1CCC[C@@H](n2nc(-c3ccc(Oc4ccc(Cl)c(Cl)c4)cc3)c3c(N)ncnc32)C1. The van der Waals surface area contributed by atoms with Gasteiger partial charge >= 0.3 is 0 Å². The molecule has 2 aromatic heterocycles. The Morgan fingerprint density at radius 1 is 1.11 bits per heavy atom. The third-order valence-corrected chi connectivity index (χ3v) is 6.74. The van der Waals surface area contributed by atoms with E-state index in [1.807, 2.05) is 28.9 Å². The number of nitrogens with two attached hydrogens (primary N) is 1. The van der Waals surface area contributed by atoms with Gasteiger partial charge in [-0.15, -0.1) is 0 Å². The van der Waals surface area contributed by atoms with E-state index in [0.29, 0.717) is 57.2 Å². The van der Waals surface area contributed by atoms with E-state index < -0.39 is 0 Å². The molecule has 5 rings (SSSR count). The largest absolute Gasteiger partial charge is 0.457 e. The predicted molar refractivity (Wildman–Crippen MR) is 137 cm³/mol. The van der Waals surface area contributed by atoms with Crippen molar-refractivity contribution in [2.24, 2.45) is 0 Å². The van der Waals surface area contributed by atoms with Gasteiger partial charge < -0.3 is 15.4 Å². The lowest BCUT2D eigenvalue weighted by atomic mass is 10.1. The van der Waals surface area contributed by atoms with Crippen LogP contribution in [0.3, 0.4) is 0 Å². The van der Waals surface area contributed by atoms with Gasteiger partial charge in [-0.25, -0.2) is 14.6 Å². The van der Waals surface area contributed by atoms with Crippen LogP contribution in [-0.2, 0) is 4.79 Å². The average molecular weight is 509 g/mol. The molecule has 0 spiro atoms. The summed E-state index contributed by atoms with van der Waals surface area (Å²) in [7, 11) is 0. The summed E-state index contributed by atoms with van der Waals surface area (Å²) in [5.41, 5.74) is 8.41. The highest BCUT2D eigenvalue weighted by atomic mass is 35.5. The van der Waals surface area contributed by atoms with Crippen molar-refractivity contribution in [1.29, 1.82) is 0 Å². The summed E-state index contributed by atoms with van der Waals surface area (Å²) in [5, 5.41) is 6.46. The van der Waals surface area contributed by atoms with Gasteiger partial charge in [0.25, 0.3) is 0 Å². The Bertz CT molecular complexity index is 1420. The van der Waals surface area contributed by atoms with Crippen LogP contribution in [0.4, 0.5) is 5.82 Å². The smallest absolute Gasteiger partial charge is 0.246 e. The number of carbonyl (C=O) groups is 1. The molecule has 1 fully saturated rings. The van der Waals surface area contributed by atoms with Crippen LogP contribution < -0.4 is 10.5 Å². The standard InChI is InChI=1S/C25H22Cl2N6O2/c1-2-21(34)32-11-3-4-16(13-32)33-25-22(24(28)29-14-30-25)23(31-33)15-5-7-17(8-6-15)35-18-9-10-19(26)20(27)12-18/h2,5-10,12,14,16H,1,3-4,11,13H2,(H2,28,29,30)/t16-/m1/s1. The normalized spacial score (nSPS) is 15.8. The molecule has 1 saturated heterocycles. The molecule has 1 atom stereocenters. The fourth-order valence-electron chi connectivity index (χ4n) is 4.29. The first kappa shape index (κ1) is 23.1. The van der Waals surface area contributed by atoms with E-state index >= 15 is 0 Å². The van der Waals surface area contributed by atoms with Crippen LogP contribution in [-0.4, -0.2) is 43.6 Å². The maximum Gasteiger partial charge on any atom is 0.246 e. The Balaban J connectivity index is 1.48. The fourth-order valence-corrected chi connectivity index (χ4v) is 4.58. The summed E-state index contributed by atoms with van der Waals surface area (Å²) in [6.07, 6.45) is 4.51. The minimum atomic E-state index is -0.0851. The van der Waals surface area contributed by atoms with Crippen molar-refractivity contribution in [3.63, 3.8) is 0 Å². The van der Waals surface area contributed by atoms with E-state index in [-0.39, 0.29) is 11.9 Å². The summed E-state index contributed by atoms with van der Waals surface area (Å²) >= 11 is 12.1. The van der Waals surface area contributed by atoms with Crippen molar-refractivity contribution in [3.8, 4) is 22.8 Å². The number of fused-ring (bicyclic) bond motifs is 1. The molecule has 0 unspecified atom stereocenters. The van der Waals surface area contributed by atoms with Gasteiger partial charge in [-0.05, 0) is 55.3 Å². The maximum atomic E-state index is 12.2. The number of nitrogens with zero attached hydrogens (tertiary/aromatic N) is 5. The molecule has 8 nitrogen and oxygen atoms in total. The van der Waals surface area contributed by atoms with Gasteiger partial charge in [0.15, 0.2) is 5.65 Å². The summed E-state index contributed by atoms with van der Waals surface area (Å²) < 4.78 is 7.76. The van der Waals surface area contributed by atoms with Crippen LogP contribution in [0.5, 0.6) is 11.5 Å². The van der Waals surface area contributed by atoms with E-state index in [4.69, 9.17) is 38.8 Å². The van der Waals surface area contributed by atoms with E-state index in [2.05, 4.69) is 16.5 Å². The minimum Gasteiger partial charge on any atom is -0.457 e. The first-order chi connectivity index (χ1) is 16.9. The number of anilines is 1. The van der Waals surface area contributed by atoms with Crippen molar-refractivity contribution in [2.45, 2.75) is 18.9 Å². The van der Waals surface area contributed by atoms with E-state index in [1.54, 1.807) is 23.1 Å². The zero-order valence-electron chi connectivity index (χ0n) is 18.7. The van der Waals surface area contributed by atoms with Crippen molar-refractivity contribution < 1.29 is 9.53 Å². The second-order valence-corrected chi connectivity index (χ2v) is 9.05. The van der Waals surface area contributed by atoms with Crippen molar-refractivity contribution in [1.82, 2.24) is 24.6 Å². The number of likely N-dealkylation sites (tertiary alicyclic amines) is 1. The van der Waals surface area contributed by atoms with Gasteiger partial charge in [0.2, 0.25) is 5.91 Å². The monoisotopic (exact) mass is 508 g/mol. The summed E-state index contributed by atoms with van der Waals surface area (Å²) in [6.45, 7) is 4.84.